The predicted octanol–water partition coefficient (Wildman–Crippen LogP) is 2.07. The second-order valence-electron chi connectivity index (χ2n) is 6.71. The van der Waals surface area contributed by atoms with Crippen LogP contribution in [0.1, 0.15) is 46.0 Å². The maximum atomic E-state index is 12.1. The van der Waals surface area contributed by atoms with Gasteiger partial charge in [-0.1, -0.05) is 13.3 Å². The van der Waals surface area contributed by atoms with E-state index in [1.54, 1.807) is 11.8 Å². The Kier molecular flexibility index (Phi) is 3.74. The van der Waals surface area contributed by atoms with Crippen LogP contribution in [0.5, 0.6) is 0 Å². The number of nitrogens with zero attached hydrogens (tertiary/aromatic N) is 1. The van der Waals surface area contributed by atoms with Gasteiger partial charge in [-0.2, -0.15) is 0 Å². The maximum Gasteiger partial charge on any atom is 0.317 e. The molecule has 0 aromatic carbocycles. The fraction of sp³-hybridized carbons (Fsp3) is 0.857. The Bertz CT molecular complexity index is 379. The minimum Gasteiger partial charge on any atom is -0.481 e. The van der Waals surface area contributed by atoms with E-state index in [1.165, 1.54) is 19.3 Å². The molecule has 2 fully saturated rings. The molecule has 2 N–H and O–H groups in total. The fourth-order valence-electron chi connectivity index (χ4n) is 2.95. The summed E-state index contributed by atoms with van der Waals surface area (Å²) in [7, 11) is 0. The molecule has 1 saturated carbocycles. The molecule has 1 atom stereocenters. The first-order valence-corrected chi connectivity index (χ1v) is 7.11. The van der Waals surface area contributed by atoms with Gasteiger partial charge in [0.05, 0.1) is 5.41 Å². The second-order valence-corrected chi connectivity index (χ2v) is 6.71. The van der Waals surface area contributed by atoms with Crippen molar-refractivity contribution < 1.29 is 14.7 Å². The Labute approximate surface area is 114 Å². The fourth-order valence-corrected chi connectivity index (χ4v) is 2.95. The van der Waals surface area contributed by atoms with E-state index in [0.29, 0.717) is 26.1 Å². The lowest BCUT2D eigenvalue weighted by Gasteiger charge is -2.41. The zero-order valence-electron chi connectivity index (χ0n) is 11.9. The Balaban J connectivity index is 1.86. The smallest absolute Gasteiger partial charge is 0.317 e. The second kappa shape index (κ2) is 5.02. The van der Waals surface area contributed by atoms with Crippen molar-refractivity contribution in [2.24, 2.45) is 10.8 Å². The molecular weight excluding hydrogens is 244 g/mol. The van der Waals surface area contributed by atoms with Gasteiger partial charge in [-0.3, -0.25) is 4.79 Å². The SMILES string of the molecule is CC1(CNC(=O)N2CCCC(C)(C(=O)O)C2)CCC1. The lowest BCUT2D eigenvalue weighted by atomic mass is 9.70. The molecule has 0 aromatic heterocycles. The molecule has 1 aliphatic carbocycles. The van der Waals surface area contributed by atoms with Crippen LogP contribution in [0.2, 0.25) is 0 Å². The Morgan fingerprint density at radius 3 is 2.42 bits per heavy atom. The third-order valence-corrected chi connectivity index (χ3v) is 4.73. The molecule has 1 unspecified atom stereocenters. The summed E-state index contributed by atoms with van der Waals surface area (Å²) >= 11 is 0. The lowest BCUT2D eigenvalue weighted by molar-refractivity contribution is -0.150. The van der Waals surface area contributed by atoms with Crippen molar-refractivity contribution in [1.82, 2.24) is 10.2 Å². The molecule has 19 heavy (non-hydrogen) atoms. The highest BCUT2D eigenvalue weighted by atomic mass is 16.4. The number of hydrogen-bond donors (Lipinski definition) is 2. The monoisotopic (exact) mass is 268 g/mol. The summed E-state index contributed by atoms with van der Waals surface area (Å²) < 4.78 is 0. The van der Waals surface area contributed by atoms with E-state index < -0.39 is 11.4 Å². The molecule has 5 nitrogen and oxygen atoms in total. The molecule has 1 heterocycles. The highest BCUT2D eigenvalue weighted by Crippen LogP contribution is 2.39. The van der Waals surface area contributed by atoms with Gasteiger partial charge in [0.15, 0.2) is 0 Å². The third-order valence-electron chi connectivity index (χ3n) is 4.73. The highest BCUT2D eigenvalue weighted by molar-refractivity contribution is 5.78. The molecule has 0 spiro atoms. The maximum absolute atomic E-state index is 12.1. The van der Waals surface area contributed by atoms with Crippen molar-refractivity contribution in [2.75, 3.05) is 19.6 Å². The number of carbonyl (C=O) groups is 2. The number of nitrogens with one attached hydrogen (secondary N) is 1. The minimum absolute atomic E-state index is 0.111. The molecule has 108 valence electrons. The zero-order valence-corrected chi connectivity index (χ0v) is 11.9. The van der Waals surface area contributed by atoms with Crippen molar-refractivity contribution in [3.63, 3.8) is 0 Å². The largest absolute Gasteiger partial charge is 0.481 e. The summed E-state index contributed by atoms with van der Waals surface area (Å²) in [6.07, 6.45) is 4.98. The first kappa shape index (κ1) is 14.2. The van der Waals surface area contributed by atoms with Crippen LogP contribution in [0.15, 0.2) is 0 Å². The van der Waals surface area contributed by atoms with Crippen LogP contribution >= 0.6 is 0 Å². The average molecular weight is 268 g/mol. The van der Waals surface area contributed by atoms with Gasteiger partial charge in [-0.05, 0) is 38.0 Å². The summed E-state index contributed by atoms with van der Waals surface area (Å²) in [6.45, 7) is 5.58. The summed E-state index contributed by atoms with van der Waals surface area (Å²) in [5, 5.41) is 12.2. The van der Waals surface area contributed by atoms with Crippen molar-refractivity contribution in [3.8, 4) is 0 Å². The molecule has 0 radical (unpaired) electrons. The molecule has 2 amide bonds. The number of carboxylic acid groups (broad SMARTS) is 1. The van der Waals surface area contributed by atoms with Gasteiger partial charge in [0, 0.05) is 19.6 Å². The van der Waals surface area contributed by atoms with E-state index in [0.717, 1.165) is 6.42 Å². The van der Waals surface area contributed by atoms with Gasteiger partial charge < -0.3 is 15.3 Å². The molecular formula is C14H24N2O3. The van der Waals surface area contributed by atoms with E-state index in [2.05, 4.69) is 12.2 Å². The average Bonchev–Trinajstić information content (AvgIpc) is 2.33. The van der Waals surface area contributed by atoms with Gasteiger partial charge in [0.1, 0.15) is 0 Å². The van der Waals surface area contributed by atoms with Gasteiger partial charge in [0.2, 0.25) is 0 Å². The quantitative estimate of drug-likeness (QED) is 0.823. The van der Waals surface area contributed by atoms with E-state index in [9.17, 15) is 14.7 Å². The number of urea groups is 1. The topological polar surface area (TPSA) is 69.6 Å². The number of rotatable bonds is 3. The van der Waals surface area contributed by atoms with E-state index in [1.807, 2.05) is 0 Å². The highest BCUT2D eigenvalue weighted by Gasteiger charge is 2.40. The van der Waals surface area contributed by atoms with Crippen LogP contribution in [0, 0.1) is 10.8 Å². The van der Waals surface area contributed by atoms with E-state index in [-0.39, 0.29) is 11.4 Å². The van der Waals surface area contributed by atoms with Crippen LogP contribution in [0.4, 0.5) is 4.79 Å². The number of carbonyl (C=O) groups excluding carboxylic acids is 1. The van der Waals surface area contributed by atoms with Crippen molar-refractivity contribution in [3.05, 3.63) is 0 Å². The molecule has 0 aromatic rings. The first-order valence-electron chi connectivity index (χ1n) is 7.11. The summed E-state index contributed by atoms with van der Waals surface area (Å²) in [4.78, 5) is 25.0. The van der Waals surface area contributed by atoms with Crippen molar-refractivity contribution in [1.29, 1.82) is 0 Å². The van der Waals surface area contributed by atoms with Gasteiger partial charge in [-0.15, -0.1) is 0 Å². The molecule has 0 bridgehead atoms. The number of hydrogen-bond acceptors (Lipinski definition) is 2. The van der Waals surface area contributed by atoms with Crippen LogP contribution in [0.25, 0.3) is 0 Å². The normalized spacial score (nSPS) is 29.5. The van der Waals surface area contributed by atoms with Crippen molar-refractivity contribution >= 4 is 12.0 Å². The van der Waals surface area contributed by atoms with E-state index >= 15 is 0 Å². The number of carboxylic acids is 1. The predicted molar refractivity (Wildman–Crippen MR) is 71.9 cm³/mol. The molecule has 1 aliphatic heterocycles. The van der Waals surface area contributed by atoms with Crippen LogP contribution in [0.3, 0.4) is 0 Å². The lowest BCUT2D eigenvalue weighted by Crippen LogP contribution is -2.53. The standard InChI is InChI=1S/C14H24N2O3/c1-13(5-3-6-13)9-15-12(19)16-8-4-7-14(2,10-16)11(17)18/h3-10H2,1-2H3,(H,15,19)(H,17,18). The molecule has 5 heteroatoms. The number of piperidine rings is 1. The number of likely N-dealkylation sites (tertiary alicyclic amines) is 1. The van der Waals surface area contributed by atoms with E-state index in [4.69, 9.17) is 0 Å². The Morgan fingerprint density at radius 1 is 1.21 bits per heavy atom. The van der Waals surface area contributed by atoms with Gasteiger partial charge in [-0.25, -0.2) is 4.79 Å². The van der Waals surface area contributed by atoms with Gasteiger partial charge >= 0.3 is 12.0 Å². The molecule has 1 saturated heterocycles. The van der Waals surface area contributed by atoms with Gasteiger partial charge in [0.25, 0.3) is 0 Å². The number of aliphatic carboxylic acids is 1. The Morgan fingerprint density at radius 2 is 1.89 bits per heavy atom. The van der Waals surface area contributed by atoms with Crippen LogP contribution < -0.4 is 5.32 Å². The molecule has 2 aliphatic rings. The van der Waals surface area contributed by atoms with Crippen LogP contribution in [-0.4, -0.2) is 41.6 Å². The number of amides is 2. The third kappa shape index (κ3) is 3.01. The van der Waals surface area contributed by atoms with Crippen molar-refractivity contribution in [2.45, 2.75) is 46.0 Å². The Hall–Kier alpha value is -1.26. The summed E-state index contributed by atoms with van der Waals surface area (Å²) in [5.74, 6) is -0.809. The molecule has 2 rings (SSSR count). The minimum atomic E-state index is -0.809. The zero-order chi connectivity index (χ0) is 14.1. The first-order chi connectivity index (χ1) is 8.85. The van der Waals surface area contributed by atoms with Crippen LogP contribution in [-0.2, 0) is 4.79 Å². The summed E-state index contributed by atoms with van der Waals surface area (Å²) in [6, 6.07) is -0.111. The summed E-state index contributed by atoms with van der Waals surface area (Å²) in [5.41, 5.74) is -0.544.